The summed E-state index contributed by atoms with van der Waals surface area (Å²) in [5.74, 6) is 0.501. The molecule has 2 aromatic rings. The number of rotatable bonds is 4. The summed E-state index contributed by atoms with van der Waals surface area (Å²) in [6.45, 7) is 8.84. The van der Waals surface area contributed by atoms with Crippen molar-refractivity contribution in [2.45, 2.75) is 45.8 Å². The number of benzene rings is 1. The van der Waals surface area contributed by atoms with Crippen LogP contribution in [-0.2, 0) is 14.3 Å². The summed E-state index contributed by atoms with van der Waals surface area (Å²) in [4.78, 5) is 19.4. The Morgan fingerprint density at radius 2 is 2.00 bits per heavy atom. The summed E-state index contributed by atoms with van der Waals surface area (Å²) in [5, 5.41) is 10.2. The van der Waals surface area contributed by atoms with Crippen LogP contribution in [0.4, 0.5) is 5.82 Å². The van der Waals surface area contributed by atoms with Gasteiger partial charge in [0.1, 0.15) is 17.2 Å². The smallest absolute Gasteiger partial charge is 0.312 e. The average Bonchev–Trinajstić information content (AvgIpc) is 2.68. The third-order valence-electron chi connectivity index (χ3n) is 5.06. The van der Waals surface area contributed by atoms with Crippen molar-refractivity contribution in [2.24, 2.45) is 5.92 Å². The zero-order chi connectivity index (χ0) is 21.2. The van der Waals surface area contributed by atoms with Gasteiger partial charge in [-0.1, -0.05) is 17.7 Å². The topological polar surface area (TPSA) is 71.9 Å². The van der Waals surface area contributed by atoms with Crippen LogP contribution in [0.25, 0.3) is 11.3 Å². The number of hydrogen-bond acceptors (Lipinski definition) is 6. The van der Waals surface area contributed by atoms with Crippen molar-refractivity contribution in [3.8, 4) is 17.0 Å². The second-order valence-corrected chi connectivity index (χ2v) is 8.55. The highest BCUT2D eigenvalue weighted by Gasteiger charge is 2.37. The average molecular weight is 399 g/mol. The van der Waals surface area contributed by atoms with Gasteiger partial charge in [-0.2, -0.15) is 0 Å². The highest BCUT2D eigenvalue weighted by molar-refractivity contribution is 5.74. The number of nitrogens with zero attached hydrogens (tertiary/aromatic N) is 2. The maximum Gasteiger partial charge on any atom is 0.312 e. The van der Waals surface area contributed by atoms with Crippen LogP contribution in [0.2, 0.25) is 0 Å². The minimum atomic E-state index is -0.516. The number of piperidine rings is 1. The number of aryl methyl sites for hydroxylation is 1. The van der Waals surface area contributed by atoms with Crippen molar-refractivity contribution in [3.05, 3.63) is 42.0 Å². The van der Waals surface area contributed by atoms with E-state index in [1.54, 1.807) is 13.2 Å². The highest BCUT2D eigenvalue weighted by atomic mass is 16.6. The molecule has 1 fully saturated rings. The van der Waals surface area contributed by atoms with E-state index in [9.17, 15) is 9.90 Å². The molecular weight excluding hydrogens is 368 g/mol. The van der Waals surface area contributed by atoms with Crippen LogP contribution >= 0.6 is 0 Å². The van der Waals surface area contributed by atoms with Gasteiger partial charge >= 0.3 is 5.97 Å². The molecule has 6 nitrogen and oxygen atoms in total. The lowest BCUT2D eigenvalue weighted by Gasteiger charge is -2.38. The van der Waals surface area contributed by atoms with Crippen molar-refractivity contribution >= 4 is 11.8 Å². The molecule has 0 amide bonds. The monoisotopic (exact) mass is 398 g/mol. The molecule has 0 spiro atoms. The Morgan fingerprint density at radius 1 is 1.24 bits per heavy atom. The molecule has 1 saturated heterocycles. The highest BCUT2D eigenvalue weighted by Crippen LogP contribution is 2.31. The molecule has 2 heterocycles. The fourth-order valence-corrected chi connectivity index (χ4v) is 3.61. The van der Waals surface area contributed by atoms with Gasteiger partial charge in [0.15, 0.2) is 0 Å². The molecule has 0 bridgehead atoms. The number of esters is 1. The maximum atomic E-state index is 12.6. The quantitative estimate of drug-likeness (QED) is 0.787. The number of carbonyl (C=O) groups excluding carboxylic acids is 1. The van der Waals surface area contributed by atoms with Crippen LogP contribution in [0.5, 0.6) is 5.75 Å². The van der Waals surface area contributed by atoms with Crippen LogP contribution in [-0.4, -0.2) is 48.0 Å². The van der Waals surface area contributed by atoms with Gasteiger partial charge in [0.05, 0.1) is 17.7 Å². The van der Waals surface area contributed by atoms with Crippen LogP contribution in [0.3, 0.4) is 0 Å². The Kier molecular flexibility index (Phi) is 6.13. The lowest BCUT2D eigenvalue weighted by Crippen LogP contribution is -2.49. The molecule has 0 saturated carbocycles. The van der Waals surface area contributed by atoms with Gasteiger partial charge in [-0.05, 0) is 58.4 Å². The number of phenols is 1. The van der Waals surface area contributed by atoms with E-state index in [1.807, 2.05) is 58.0 Å². The Morgan fingerprint density at radius 3 is 2.69 bits per heavy atom. The standard InChI is InChI=1S/C23H30N2O4/c1-15-9-10-19(26)17(13-15)18-7-6-8-21(24-18)25-12-11-16(20(14-25)28-5)22(27)29-23(2,3)4/h6-10,13,16,20,26H,11-12,14H2,1-5H3/t16-,20+/m1/s1. The molecule has 1 aliphatic heterocycles. The lowest BCUT2D eigenvalue weighted by atomic mass is 9.93. The number of aromatic nitrogens is 1. The zero-order valence-corrected chi connectivity index (χ0v) is 17.8. The predicted molar refractivity (Wildman–Crippen MR) is 113 cm³/mol. The van der Waals surface area contributed by atoms with Gasteiger partial charge in [0, 0.05) is 25.8 Å². The SMILES string of the molecule is CO[C@H]1CN(c2cccc(-c3cc(C)ccc3O)n2)CC[C@H]1C(=O)OC(C)(C)C. The van der Waals surface area contributed by atoms with Crippen molar-refractivity contribution in [1.82, 2.24) is 4.98 Å². The fraction of sp³-hybridized carbons (Fsp3) is 0.478. The van der Waals surface area contributed by atoms with Crippen molar-refractivity contribution < 1.29 is 19.4 Å². The molecule has 29 heavy (non-hydrogen) atoms. The van der Waals surface area contributed by atoms with E-state index >= 15 is 0 Å². The summed E-state index contributed by atoms with van der Waals surface area (Å²) in [5.41, 5.74) is 1.96. The van der Waals surface area contributed by atoms with E-state index in [4.69, 9.17) is 14.5 Å². The van der Waals surface area contributed by atoms with Gasteiger partial charge in [-0.25, -0.2) is 4.98 Å². The number of methoxy groups -OCH3 is 1. The summed E-state index contributed by atoms with van der Waals surface area (Å²) in [7, 11) is 1.63. The Hall–Kier alpha value is -2.60. The molecule has 0 radical (unpaired) electrons. The first-order valence-electron chi connectivity index (χ1n) is 9.95. The van der Waals surface area contributed by atoms with Crippen molar-refractivity contribution in [3.63, 3.8) is 0 Å². The molecule has 2 atom stereocenters. The van der Waals surface area contributed by atoms with Crippen LogP contribution in [0, 0.1) is 12.8 Å². The largest absolute Gasteiger partial charge is 0.507 e. The van der Waals surface area contributed by atoms with Gasteiger partial charge in [-0.15, -0.1) is 0 Å². The summed E-state index contributed by atoms with van der Waals surface area (Å²) >= 11 is 0. The van der Waals surface area contributed by atoms with E-state index in [-0.39, 0.29) is 23.7 Å². The Bertz CT molecular complexity index is 875. The van der Waals surface area contributed by atoms with E-state index in [2.05, 4.69) is 4.90 Å². The van der Waals surface area contributed by atoms with Crippen molar-refractivity contribution in [2.75, 3.05) is 25.1 Å². The zero-order valence-electron chi connectivity index (χ0n) is 17.8. The fourth-order valence-electron chi connectivity index (χ4n) is 3.61. The van der Waals surface area contributed by atoms with Crippen molar-refractivity contribution in [1.29, 1.82) is 0 Å². The van der Waals surface area contributed by atoms with Crippen LogP contribution in [0.15, 0.2) is 36.4 Å². The first-order valence-corrected chi connectivity index (χ1v) is 9.95. The number of hydrogen-bond donors (Lipinski definition) is 1. The van der Waals surface area contributed by atoms with E-state index in [0.29, 0.717) is 30.8 Å². The molecule has 1 aliphatic rings. The second kappa shape index (κ2) is 8.41. The number of aromatic hydroxyl groups is 1. The molecule has 0 unspecified atom stereocenters. The van der Waals surface area contributed by atoms with Gasteiger partial charge in [0.2, 0.25) is 0 Å². The minimum Gasteiger partial charge on any atom is -0.507 e. The van der Waals surface area contributed by atoms with Gasteiger partial charge in [-0.3, -0.25) is 4.79 Å². The van der Waals surface area contributed by atoms with Gasteiger partial charge in [0.25, 0.3) is 0 Å². The summed E-state index contributed by atoms with van der Waals surface area (Å²) in [6, 6.07) is 11.2. The number of ether oxygens (including phenoxy) is 2. The molecule has 156 valence electrons. The number of carbonyl (C=O) groups is 1. The lowest BCUT2D eigenvalue weighted by molar-refractivity contribution is -0.165. The normalized spacial score (nSPS) is 19.8. The maximum absolute atomic E-state index is 12.6. The van der Waals surface area contributed by atoms with Gasteiger partial charge < -0.3 is 19.5 Å². The molecule has 1 N–H and O–H groups in total. The first-order chi connectivity index (χ1) is 13.7. The number of pyridine rings is 1. The third-order valence-corrected chi connectivity index (χ3v) is 5.06. The number of anilines is 1. The predicted octanol–water partition coefficient (Wildman–Crippen LogP) is 3.95. The third kappa shape index (κ3) is 5.07. The Balaban J connectivity index is 1.79. The Labute approximate surface area is 172 Å². The van der Waals surface area contributed by atoms with Crippen LogP contribution < -0.4 is 4.90 Å². The molecular formula is C23H30N2O4. The number of phenolic OH excluding ortho intramolecular Hbond substituents is 1. The minimum absolute atomic E-state index is 0.207. The summed E-state index contributed by atoms with van der Waals surface area (Å²) in [6.07, 6.45) is 0.367. The molecule has 6 heteroatoms. The van der Waals surface area contributed by atoms with E-state index in [1.165, 1.54) is 0 Å². The summed E-state index contributed by atoms with van der Waals surface area (Å²) < 4.78 is 11.2. The molecule has 3 rings (SSSR count). The first kappa shape index (κ1) is 21.1. The van der Waals surface area contributed by atoms with Crippen LogP contribution in [0.1, 0.15) is 32.8 Å². The second-order valence-electron chi connectivity index (χ2n) is 8.55. The van der Waals surface area contributed by atoms with E-state index in [0.717, 1.165) is 11.4 Å². The molecule has 1 aromatic heterocycles. The molecule has 1 aromatic carbocycles. The van der Waals surface area contributed by atoms with E-state index < -0.39 is 5.60 Å². The molecule has 0 aliphatic carbocycles.